The minimum atomic E-state index is -4.97. The zero-order valence-corrected chi connectivity index (χ0v) is 8.40. The van der Waals surface area contributed by atoms with Gasteiger partial charge >= 0.3 is 6.18 Å². The summed E-state index contributed by atoms with van der Waals surface area (Å²) in [5.74, 6) is -1.54. The van der Waals surface area contributed by atoms with Crippen LogP contribution in [0.2, 0.25) is 0 Å². The van der Waals surface area contributed by atoms with Crippen molar-refractivity contribution in [1.29, 1.82) is 0 Å². The topological polar surface area (TPSA) is 33.1 Å². The van der Waals surface area contributed by atoms with Crippen molar-refractivity contribution in [2.24, 2.45) is 0 Å². The van der Waals surface area contributed by atoms with Gasteiger partial charge in [0.05, 0.1) is 5.56 Å². The van der Waals surface area contributed by atoms with Crippen molar-refractivity contribution in [2.45, 2.75) is 12.6 Å². The summed E-state index contributed by atoms with van der Waals surface area (Å²) in [6.45, 7) is 0. The van der Waals surface area contributed by atoms with E-state index in [-0.39, 0.29) is 0 Å². The molecular formula is C7H3BrF5NO. The SMILES string of the molecule is Oc1c(C(F)F)cc(Br)nc1C(F)(F)F. The molecule has 84 valence electrons. The van der Waals surface area contributed by atoms with E-state index in [4.69, 9.17) is 5.11 Å². The Morgan fingerprint density at radius 2 is 1.87 bits per heavy atom. The standard InChI is InChI=1S/C7H3BrF5NO/c8-3-1-2(6(9)10)4(15)5(14-3)7(11,12)13/h1,6,15H. The maximum atomic E-state index is 12.2. The molecule has 0 radical (unpaired) electrons. The van der Waals surface area contributed by atoms with Crippen molar-refractivity contribution in [1.82, 2.24) is 4.98 Å². The van der Waals surface area contributed by atoms with Gasteiger partial charge in [-0.15, -0.1) is 0 Å². The van der Waals surface area contributed by atoms with Gasteiger partial charge in [0, 0.05) is 0 Å². The van der Waals surface area contributed by atoms with Crippen LogP contribution in [0.3, 0.4) is 0 Å². The molecule has 0 atom stereocenters. The van der Waals surface area contributed by atoms with E-state index in [2.05, 4.69) is 20.9 Å². The number of halogens is 6. The number of hydrogen-bond donors (Lipinski definition) is 1. The normalized spacial score (nSPS) is 12.2. The Morgan fingerprint density at radius 1 is 1.33 bits per heavy atom. The summed E-state index contributed by atoms with van der Waals surface area (Å²) < 4.78 is 60.5. The maximum Gasteiger partial charge on any atom is 0.437 e. The van der Waals surface area contributed by atoms with E-state index < -0.39 is 34.2 Å². The summed E-state index contributed by atoms with van der Waals surface area (Å²) in [6, 6.07) is 0.634. The highest BCUT2D eigenvalue weighted by atomic mass is 79.9. The Balaban J connectivity index is 3.42. The quantitative estimate of drug-likeness (QED) is 0.634. The molecule has 0 unspecified atom stereocenters. The van der Waals surface area contributed by atoms with Gasteiger partial charge < -0.3 is 5.11 Å². The molecule has 1 aromatic rings. The van der Waals surface area contributed by atoms with Crippen LogP contribution in [0.4, 0.5) is 22.0 Å². The highest BCUT2D eigenvalue weighted by Crippen LogP contribution is 2.40. The van der Waals surface area contributed by atoms with Crippen molar-refractivity contribution >= 4 is 15.9 Å². The van der Waals surface area contributed by atoms with E-state index in [0.717, 1.165) is 0 Å². The van der Waals surface area contributed by atoms with Crippen LogP contribution in [0.1, 0.15) is 17.7 Å². The van der Waals surface area contributed by atoms with Gasteiger partial charge in [0.15, 0.2) is 11.4 Å². The first-order valence-corrected chi connectivity index (χ1v) is 4.27. The van der Waals surface area contributed by atoms with E-state index >= 15 is 0 Å². The predicted molar refractivity (Wildman–Crippen MR) is 43.6 cm³/mol. The second-order valence-electron chi connectivity index (χ2n) is 2.53. The molecule has 1 N–H and O–H groups in total. The van der Waals surface area contributed by atoms with E-state index in [9.17, 15) is 22.0 Å². The van der Waals surface area contributed by atoms with Crippen LogP contribution < -0.4 is 0 Å². The Morgan fingerprint density at radius 3 is 2.27 bits per heavy atom. The Bertz CT molecular complexity index is 378. The van der Waals surface area contributed by atoms with E-state index in [1.165, 1.54) is 0 Å². The van der Waals surface area contributed by atoms with Crippen molar-refractivity contribution in [3.63, 3.8) is 0 Å². The summed E-state index contributed by atoms with van der Waals surface area (Å²) in [5, 5.41) is 8.94. The van der Waals surface area contributed by atoms with Crippen LogP contribution in [-0.4, -0.2) is 10.1 Å². The fourth-order valence-electron chi connectivity index (χ4n) is 0.889. The number of alkyl halides is 5. The number of nitrogens with zero attached hydrogens (tertiary/aromatic N) is 1. The molecular weight excluding hydrogens is 289 g/mol. The molecule has 0 spiro atoms. The van der Waals surface area contributed by atoms with Crippen LogP contribution in [0, 0.1) is 0 Å². The fraction of sp³-hybridized carbons (Fsp3) is 0.286. The van der Waals surface area contributed by atoms with Crippen LogP contribution in [0.25, 0.3) is 0 Å². The monoisotopic (exact) mass is 291 g/mol. The third kappa shape index (κ3) is 2.55. The first-order valence-electron chi connectivity index (χ1n) is 3.48. The molecule has 15 heavy (non-hydrogen) atoms. The largest absolute Gasteiger partial charge is 0.505 e. The lowest BCUT2D eigenvalue weighted by molar-refractivity contribution is -0.142. The van der Waals surface area contributed by atoms with E-state index in [1.54, 1.807) is 0 Å². The minimum absolute atomic E-state index is 0.414. The van der Waals surface area contributed by atoms with Crippen molar-refractivity contribution in [3.8, 4) is 5.75 Å². The smallest absolute Gasteiger partial charge is 0.437 e. The van der Waals surface area contributed by atoms with Crippen LogP contribution >= 0.6 is 15.9 Å². The third-order valence-corrected chi connectivity index (χ3v) is 1.90. The van der Waals surface area contributed by atoms with Crippen molar-refractivity contribution in [2.75, 3.05) is 0 Å². The average Bonchev–Trinajstić information content (AvgIpc) is 2.06. The molecule has 1 aromatic heterocycles. The molecule has 1 heterocycles. The zero-order valence-electron chi connectivity index (χ0n) is 6.82. The lowest BCUT2D eigenvalue weighted by atomic mass is 10.2. The van der Waals surface area contributed by atoms with Gasteiger partial charge in [-0.1, -0.05) is 0 Å². The van der Waals surface area contributed by atoms with E-state index in [0.29, 0.717) is 6.07 Å². The Kier molecular flexibility index (Phi) is 3.17. The molecule has 8 heteroatoms. The molecule has 0 fully saturated rings. The molecule has 0 bridgehead atoms. The summed E-state index contributed by atoms with van der Waals surface area (Å²) in [5.41, 5.74) is -2.84. The molecule has 0 aliphatic heterocycles. The average molecular weight is 292 g/mol. The number of aromatic hydroxyl groups is 1. The summed E-state index contributed by atoms with van der Waals surface area (Å²) >= 11 is 2.55. The molecule has 1 rings (SSSR count). The first-order chi connectivity index (χ1) is 6.73. The Labute approximate surface area is 88.9 Å². The number of pyridine rings is 1. The Hall–Kier alpha value is -0.920. The van der Waals surface area contributed by atoms with Gasteiger partial charge in [0.25, 0.3) is 6.43 Å². The molecule has 0 saturated heterocycles. The van der Waals surface area contributed by atoms with Crippen LogP contribution in [0.5, 0.6) is 5.75 Å². The second kappa shape index (κ2) is 3.92. The number of rotatable bonds is 1. The van der Waals surface area contributed by atoms with Gasteiger partial charge in [-0.3, -0.25) is 0 Å². The van der Waals surface area contributed by atoms with Crippen LogP contribution in [-0.2, 0) is 6.18 Å². The van der Waals surface area contributed by atoms with Gasteiger partial charge in [0.2, 0.25) is 0 Å². The molecule has 0 aliphatic rings. The summed E-state index contributed by atoms with van der Waals surface area (Å²) in [4.78, 5) is 2.90. The maximum absolute atomic E-state index is 12.2. The number of hydrogen-bond acceptors (Lipinski definition) is 2. The molecule has 0 saturated carbocycles. The third-order valence-electron chi connectivity index (χ3n) is 1.49. The van der Waals surface area contributed by atoms with Gasteiger partial charge in [-0.2, -0.15) is 13.2 Å². The van der Waals surface area contributed by atoms with E-state index in [1.807, 2.05) is 0 Å². The lowest BCUT2D eigenvalue weighted by Gasteiger charge is -2.11. The first kappa shape index (κ1) is 12.2. The zero-order chi connectivity index (χ0) is 11.8. The summed E-state index contributed by atoms with van der Waals surface area (Å²) in [6.07, 6.45) is -8.18. The molecule has 0 aliphatic carbocycles. The summed E-state index contributed by atoms with van der Waals surface area (Å²) in [7, 11) is 0. The molecule has 2 nitrogen and oxygen atoms in total. The van der Waals surface area contributed by atoms with Gasteiger partial charge in [-0.05, 0) is 22.0 Å². The lowest BCUT2D eigenvalue weighted by Crippen LogP contribution is -2.10. The molecule has 0 amide bonds. The fourth-order valence-corrected chi connectivity index (χ4v) is 1.31. The van der Waals surface area contributed by atoms with Crippen molar-refractivity contribution in [3.05, 3.63) is 21.9 Å². The number of aromatic nitrogens is 1. The predicted octanol–water partition coefficient (Wildman–Crippen LogP) is 3.51. The minimum Gasteiger partial charge on any atom is -0.505 e. The molecule has 0 aromatic carbocycles. The highest BCUT2D eigenvalue weighted by molar-refractivity contribution is 9.10. The second-order valence-corrected chi connectivity index (χ2v) is 3.34. The highest BCUT2D eigenvalue weighted by Gasteiger charge is 2.38. The van der Waals surface area contributed by atoms with Crippen LogP contribution in [0.15, 0.2) is 10.7 Å². The van der Waals surface area contributed by atoms with Gasteiger partial charge in [-0.25, -0.2) is 13.8 Å². The van der Waals surface area contributed by atoms with Gasteiger partial charge in [0.1, 0.15) is 4.60 Å². The van der Waals surface area contributed by atoms with Crippen molar-refractivity contribution < 1.29 is 27.1 Å².